The van der Waals surface area contributed by atoms with Crippen molar-refractivity contribution in [2.45, 2.75) is 20.3 Å². The van der Waals surface area contributed by atoms with Crippen LogP contribution in [0.4, 0.5) is 26.5 Å². The predicted octanol–water partition coefficient (Wildman–Crippen LogP) is 3.15. The van der Waals surface area contributed by atoms with Gasteiger partial charge in [-0.2, -0.15) is 5.10 Å². The van der Waals surface area contributed by atoms with Crippen molar-refractivity contribution in [2.75, 3.05) is 37.0 Å². The number of ether oxygens (including phenoxy) is 2. The van der Waals surface area contributed by atoms with Gasteiger partial charge in [0.1, 0.15) is 18.2 Å². The van der Waals surface area contributed by atoms with E-state index in [1.807, 2.05) is 0 Å². The fourth-order valence-corrected chi connectivity index (χ4v) is 4.53. The van der Waals surface area contributed by atoms with Crippen molar-refractivity contribution in [3.8, 4) is 22.4 Å². The first-order valence-electron chi connectivity index (χ1n) is 13.4. The number of hydrogen-bond acceptors (Lipinski definition) is 13. The molecule has 0 saturated carbocycles. The largest absolute Gasteiger partial charge is 0.460 e. The first kappa shape index (κ1) is 30.6. The minimum Gasteiger partial charge on any atom is -0.460 e. The van der Waals surface area contributed by atoms with Crippen LogP contribution in [0.25, 0.3) is 33.4 Å². The second-order valence-electron chi connectivity index (χ2n) is 9.81. The van der Waals surface area contributed by atoms with Crippen molar-refractivity contribution < 1.29 is 32.8 Å². The summed E-state index contributed by atoms with van der Waals surface area (Å²) in [5.74, 6) is -1.28. The molecule has 0 aliphatic carbocycles. The smallest absolute Gasteiger partial charge is 0.417 e. The number of halogens is 1. The van der Waals surface area contributed by atoms with Crippen LogP contribution in [-0.4, -0.2) is 63.4 Å². The number of hydrogen-bond donors (Lipinski definition) is 3. The Kier molecular flexibility index (Phi) is 8.67. The molecule has 1 amide bonds. The third-order valence-corrected chi connectivity index (χ3v) is 6.73. The molecular weight excluding hydrogens is 589 g/mol. The summed E-state index contributed by atoms with van der Waals surface area (Å²) in [4.78, 5) is 46.4. The van der Waals surface area contributed by atoms with Crippen LogP contribution in [0.3, 0.4) is 0 Å². The van der Waals surface area contributed by atoms with Gasteiger partial charge in [-0.25, -0.2) is 18.9 Å². The summed E-state index contributed by atoms with van der Waals surface area (Å²) in [5, 5.41) is 11.0. The number of nitrogens with one attached hydrogen (secondary N) is 1. The lowest BCUT2D eigenvalue weighted by molar-refractivity contribution is -0.143. The summed E-state index contributed by atoms with van der Waals surface area (Å²) in [6, 6.07) is 5.70. The van der Waals surface area contributed by atoms with Gasteiger partial charge in [-0.05, 0) is 32.2 Å². The van der Waals surface area contributed by atoms with E-state index in [0.29, 0.717) is 16.7 Å². The highest BCUT2D eigenvalue weighted by atomic mass is 19.1. The van der Waals surface area contributed by atoms with E-state index in [9.17, 15) is 14.4 Å². The van der Waals surface area contributed by atoms with E-state index in [4.69, 9.17) is 25.5 Å². The number of pyridine rings is 2. The first-order chi connectivity index (χ1) is 21.6. The molecule has 0 aliphatic heterocycles. The quantitative estimate of drug-likeness (QED) is 0.117. The molecule has 5 N–H and O–H groups in total. The lowest BCUT2D eigenvalue weighted by atomic mass is 9.99. The van der Waals surface area contributed by atoms with Gasteiger partial charge in [0.25, 0.3) is 0 Å². The molecule has 232 valence electrons. The number of rotatable bonds is 10. The summed E-state index contributed by atoms with van der Waals surface area (Å²) < 4.78 is 32.5. The Morgan fingerprint density at radius 1 is 1.13 bits per heavy atom. The molecule has 1 aromatic carbocycles. The summed E-state index contributed by atoms with van der Waals surface area (Å²) in [7, 11) is 3.10. The van der Waals surface area contributed by atoms with Gasteiger partial charge in [-0.3, -0.25) is 19.5 Å². The van der Waals surface area contributed by atoms with Crippen molar-refractivity contribution in [2.24, 2.45) is 0 Å². The molecule has 0 fully saturated rings. The number of amides is 1. The Morgan fingerprint density at radius 2 is 1.93 bits per heavy atom. The Bertz CT molecular complexity index is 1920. The lowest BCUT2D eigenvalue weighted by Gasteiger charge is -2.19. The number of aromatic nitrogens is 5. The molecular formula is C29H28FN9O6. The van der Waals surface area contributed by atoms with Gasteiger partial charge >= 0.3 is 12.1 Å². The van der Waals surface area contributed by atoms with E-state index in [0.717, 1.165) is 6.07 Å². The van der Waals surface area contributed by atoms with Gasteiger partial charge in [-0.15, -0.1) is 0 Å². The molecule has 45 heavy (non-hydrogen) atoms. The summed E-state index contributed by atoms with van der Waals surface area (Å²) in [6.45, 7) is 1.01. The van der Waals surface area contributed by atoms with Gasteiger partial charge in [0.15, 0.2) is 23.9 Å². The average molecular weight is 618 g/mol. The maximum atomic E-state index is 15.0. The Labute approximate surface area is 254 Å². The Morgan fingerprint density at radius 3 is 2.69 bits per heavy atom. The minimum atomic E-state index is -0.736. The molecule has 0 spiro atoms. The molecule has 0 aliphatic rings. The standard InChI is InChI=1S/C29H28FN9O6/c1-15(40)18-7-19(21(30)8-22(18)31)25-24-26(45-37-27(24)32)20(10-35-25)17-9-36-39(12-17)14-44-29(42)38(3)28-16(5-4-6-34-28)13-43-23(41)11-33-2/h4-10,12,33H,11,13-14,31H2,1-3H3,(H2,32,37). The van der Waals surface area contributed by atoms with E-state index < -0.39 is 17.9 Å². The van der Waals surface area contributed by atoms with Crippen molar-refractivity contribution in [1.82, 2.24) is 30.2 Å². The molecule has 4 heterocycles. The molecule has 16 heteroatoms. The molecule has 0 bridgehead atoms. The van der Waals surface area contributed by atoms with Gasteiger partial charge in [0.05, 0.1) is 23.8 Å². The molecule has 0 atom stereocenters. The van der Waals surface area contributed by atoms with Gasteiger partial charge < -0.3 is 30.8 Å². The molecule has 4 aromatic heterocycles. The number of esters is 1. The van der Waals surface area contributed by atoms with Crippen molar-refractivity contribution in [1.29, 1.82) is 0 Å². The molecule has 5 aromatic rings. The monoisotopic (exact) mass is 617 g/mol. The number of fused-ring (bicyclic) bond motifs is 1. The minimum absolute atomic E-state index is 0.000213. The van der Waals surface area contributed by atoms with Crippen LogP contribution in [0.15, 0.2) is 53.6 Å². The number of Topliss-reactive ketones (excluding diaryl/α,β-unsaturated/α-hetero) is 1. The SMILES string of the molecule is CNCC(=O)OCc1cccnc1N(C)C(=O)OCn1cc(-c2cnc(-c3cc(C(C)=O)c(N)cc3F)c3c(N)noc23)cn1. The topological polar surface area (TPSA) is 207 Å². The van der Waals surface area contributed by atoms with Crippen LogP contribution in [0.5, 0.6) is 0 Å². The number of nitrogen functional groups attached to an aromatic ring is 2. The lowest BCUT2D eigenvalue weighted by Crippen LogP contribution is -2.30. The third-order valence-electron chi connectivity index (χ3n) is 6.73. The maximum absolute atomic E-state index is 15.0. The number of carbonyl (C=O) groups is 3. The Balaban J connectivity index is 1.34. The average Bonchev–Trinajstić information content (AvgIpc) is 3.65. The number of ketones is 1. The molecule has 5 rings (SSSR count). The van der Waals surface area contributed by atoms with Crippen molar-refractivity contribution >= 4 is 46.1 Å². The van der Waals surface area contributed by atoms with Crippen molar-refractivity contribution in [3.63, 3.8) is 0 Å². The highest BCUT2D eigenvalue weighted by molar-refractivity contribution is 6.06. The number of nitrogens with two attached hydrogens (primary N) is 2. The molecule has 0 unspecified atom stereocenters. The van der Waals surface area contributed by atoms with Gasteiger partial charge in [0.2, 0.25) is 0 Å². The van der Waals surface area contributed by atoms with Gasteiger partial charge in [0, 0.05) is 59.1 Å². The highest BCUT2D eigenvalue weighted by Crippen LogP contribution is 2.38. The van der Waals surface area contributed by atoms with Crippen molar-refractivity contribution in [3.05, 3.63) is 66.0 Å². The number of nitrogens with zero attached hydrogens (tertiary/aromatic N) is 6. The zero-order valence-electron chi connectivity index (χ0n) is 24.4. The number of benzene rings is 1. The van der Waals surface area contributed by atoms with E-state index >= 15 is 4.39 Å². The summed E-state index contributed by atoms with van der Waals surface area (Å²) in [5.41, 5.74) is 13.8. The second-order valence-corrected chi connectivity index (χ2v) is 9.81. The van der Waals surface area contributed by atoms with E-state index in [-0.39, 0.29) is 70.8 Å². The van der Waals surface area contributed by atoms with E-state index in [2.05, 4.69) is 25.5 Å². The molecule has 0 saturated heterocycles. The van der Waals surface area contributed by atoms with Crippen LogP contribution in [0.1, 0.15) is 22.8 Å². The number of carbonyl (C=O) groups excluding carboxylic acids is 3. The predicted molar refractivity (Wildman–Crippen MR) is 160 cm³/mol. The zero-order chi connectivity index (χ0) is 32.2. The summed E-state index contributed by atoms with van der Waals surface area (Å²) in [6.07, 6.45) is 5.25. The van der Waals surface area contributed by atoms with Crippen LogP contribution in [0, 0.1) is 5.82 Å². The first-order valence-corrected chi connectivity index (χ1v) is 13.4. The fourth-order valence-electron chi connectivity index (χ4n) is 4.53. The summed E-state index contributed by atoms with van der Waals surface area (Å²) >= 11 is 0. The normalized spacial score (nSPS) is 11.0. The maximum Gasteiger partial charge on any atom is 0.417 e. The Hall–Kier alpha value is -5.90. The zero-order valence-corrected chi connectivity index (χ0v) is 24.4. The van der Waals surface area contributed by atoms with Crippen LogP contribution < -0.4 is 21.7 Å². The molecule has 15 nitrogen and oxygen atoms in total. The highest BCUT2D eigenvalue weighted by Gasteiger charge is 2.23. The molecule has 0 radical (unpaired) electrons. The van der Waals surface area contributed by atoms with Crippen LogP contribution in [-0.2, 0) is 27.6 Å². The van der Waals surface area contributed by atoms with Crippen LogP contribution >= 0.6 is 0 Å². The second kappa shape index (κ2) is 12.8. The van der Waals surface area contributed by atoms with E-state index in [1.165, 1.54) is 48.2 Å². The van der Waals surface area contributed by atoms with E-state index in [1.54, 1.807) is 25.4 Å². The fraction of sp³-hybridized carbons (Fsp3) is 0.207. The number of anilines is 3. The van der Waals surface area contributed by atoms with Gasteiger partial charge in [-0.1, -0.05) is 11.2 Å². The number of likely N-dealkylation sites (N-methyl/N-ethyl adjacent to an activating group) is 1. The third kappa shape index (κ3) is 6.25. The van der Waals surface area contributed by atoms with Crippen LogP contribution in [0.2, 0.25) is 0 Å².